The molecule has 0 aromatic heterocycles. The monoisotopic (exact) mass is 321 g/mol. The molecule has 1 saturated carbocycles. The van der Waals surface area contributed by atoms with E-state index < -0.39 is 33.8 Å². The van der Waals surface area contributed by atoms with Crippen LogP contribution in [0.4, 0.5) is 8.78 Å². The van der Waals surface area contributed by atoms with Crippen molar-refractivity contribution < 1.29 is 13.3 Å². The van der Waals surface area contributed by atoms with Crippen molar-refractivity contribution in [1.29, 1.82) is 0 Å². The molecular weight excluding hydrogens is 304 g/mol. The molecule has 2 unspecified atom stereocenters. The highest BCUT2D eigenvalue weighted by Gasteiger charge is 2.39. The Balaban J connectivity index is 2.28. The minimum atomic E-state index is -1.34. The summed E-state index contributed by atoms with van der Waals surface area (Å²) in [5.41, 5.74) is 0.201. The van der Waals surface area contributed by atoms with E-state index in [0.717, 1.165) is 25.0 Å². The predicted octanol–water partition coefficient (Wildman–Crippen LogP) is 4.12. The Bertz CT molecular complexity index is 503. The molecule has 0 saturated heterocycles. The van der Waals surface area contributed by atoms with Gasteiger partial charge >= 0.3 is 0 Å². The number of hydrogen-bond donors (Lipinski definition) is 1. The third-order valence-corrected chi connectivity index (χ3v) is 5.13. The number of halogens is 3. The summed E-state index contributed by atoms with van der Waals surface area (Å²) < 4.78 is 42.3. The molecule has 20 heavy (non-hydrogen) atoms. The maximum absolute atomic E-state index is 14.0. The zero-order chi connectivity index (χ0) is 15.1. The van der Waals surface area contributed by atoms with Crippen molar-refractivity contribution >= 4 is 23.0 Å². The summed E-state index contributed by atoms with van der Waals surface area (Å²) in [4.78, 5) is 0. The Hall–Kier alpha value is -0.360. The van der Waals surface area contributed by atoms with Crippen LogP contribution in [0.5, 0.6) is 0 Å². The van der Waals surface area contributed by atoms with Crippen LogP contribution < -0.4 is 4.72 Å². The van der Waals surface area contributed by atoms with Crippen molar-refractivity contribution in [2.45, 2.75) is 44.4 Å². The van der Waals surface area contributed by atoms with Crippen molar-refractivity contribution in [1.82, 2.24) is 4.72 Å². The third kappa shape index (κ3) is 3.64. The van der Waals surface area contributed by atoms with Gasteiger partial charge in [0.1, 0.15) is 16.4 Å². The average Bonchev–Trinajstić information content (AvgIpc) is 3.13. The fraction of sp³-hybridized carbons (Fsp3) is 0.571. The number of rotatable bonds is 4. The van der Waals surface area contributed by atoms with Gasteiger partial charge in [-0.25, -0.2) is 8.78 Å². The summed E-state index contributed by atoms with van der Waals surface area (Å²) in [5.74, 6) is -1.03. The third-order valence-electron chi connectivity index (χ3n) is 3.26. The summed E-state index contributed by atoms with van der Waals surface area (Å²) in [6, 6.07) is 1.64. The molecule has 0 radical (unpaired) electrons. The molecule has 1 aliphatic rings. The van der Waals surface area contributed by atoms with Crippen LogP contribution in [0.1, 0.15) is 45.2 Å². The summed E-state index contributed by atoms with van der Waals surface area (Å²) >= 11 is 4.23. The van der Waals surface area contributed by atoms with Gasteiger partial charge in [0.2, 0.25) is 0 Å². The van der Waals surface area contributed by atoms with Crippen molar-refractivity contribution in [3.8, 4) is 0 Å². The van der Waals surface area contributed by atoms with E-state index in [0.29, 0.717) is 0 Å². The first-order valence-electron chi connectivity index (χ1n) is 6.52. The average molecular weight is 322 g/mol. The quantitative estimate of drug-likeness (QED) is 0.668. The lowest BCUT2D eigenvalue weighted by atomic mass is 10.0. The van der Waals surface area contributed by atoms with Crippen molar-refractivity contribution in [2.75, 3.05) is 0 Å². The van der Waals surface area contributed by atoms with Crippen molar-refractivity contribution in [2.24, 2.45) is 5.92 Å². The molecule has 2 atom stereocenters. The van der Waals surface area contributed by atoms with E-state index in [1.165, 1.54) is 0 Å². The lowest BCUT2D eigenvalue weighted by Crippen LogP contribution is -2.42. The van der Waals surface area contributed by atoms with Crippen molar-refractivity contribution in [3.63, 3.8) is 0 Å². The topological polar surface area (TPSA) is 35.1 Å². The molecule has 0 bridgehead atoms. The van der Waals surface area contributed by atoms with Gasteiger partial charge in [-0.05, 0) is 51.7 Å². The molecule has 112 valence electrons. The van der Waals surface area contributed by atoms with E-state index in [4.69, 9.17) is 11.6 Å². The summed E-state index contributed by atoms with van der Waals surface area (Å²) in [5, 5.41) is -0.238. The molecule has 2 rings (SSSR count). The van der Waals surface area contributed by atoms with Crippen LogP contribution in [-0.2, 0) is 11.4 Å². The van der Waals surface area contributed by atoms with E-state index in [-0.39, 0.29) is 16.5 Å². The standard InChI is InChI=1S/C14H18ClF2NOS/c1-14(2,3)20(19)18-13(8-4-5-8)9-6-12(17)10(15)7-11(9)16/h6-8,13,18H,4-5H2,1-3H3. The molecule has 0 amide bonds. The second-order valence-electron chi connectivity index (χ2n) is 6.10. The van der Waals surface area contributed by atoms with Crippen LogP contribution in [0.3, 0.4) is 0 Å². The van der Waals surface area contributed by atoms with Crippen LogP contribution in [-0.4, -0.2) is 9.30 Å². The minimum Gasteiger partial charge on any atom is -0.598 e. The highest BCUT2D eigenvalue weighted by molar-refractivity contribution is 7.90. The summed E-state index contributed by atoms with van der Waals surface area (Å²) in [6.07, 6.45) is 1.84. The van der Waals surface area contributed by atoms with Gasteiger partial charge in [0, 0.05) is 16.9 Å². The molecule has 6 heteroatoms. The Morgan fingerprint density at radius 2 is 1.90 bits per heavy atom. The zero-order valence-corrected chi connectivity index (χ0v) is 13.2. The van der Waals surface area contributed by atoms with E-state index in [1.807, 2.05) is 20.8 Å². The second kappa shape index (κ2) is 5.79. The highest BCUT2D eigenvalue weighted by Crippen LogP contribution is 2.43. The van der Waals surface area contributed by atoms with Gasteiger partial charge in [-0.1, -0.05) is 11.6 Å². The SMILES string of the molecule is CC(C)(C)[S+]([O-])NC(c1cc(F)c(Cl)cc1F)C1CC1. The molecule has 1 N–H and O–H groups in total. The van der Waals surface area contributed by atoms with Gasteiger partial charge in [0.25, 0.3) is 0 Å². The zero-order valence-electron chi connectivity index (χ0n) is 11.7. The Morgan fingerprint density at radius 1 is 1.30 bits per heavy atom. The Labute approximate surface area is 126 Å². The molecule has 2 nitrogen and oxygen atoms in total. The van der Waals surface area contributed by atoms with Gasteiger partial charge in [-0.15, -0.1) is 4.72 Å². The van der Waals surface area contributed by atoms with E-state index >= 15 is 0 Å². The van der Waals surface area contributed by atoms with Crippen LogP contribution in [0, 0.1) is 17.6 Å². The van der Waals surface area contributed by atoms with Gasteiger partial charge in [0.05, 0.1) is 11.1 Å². The molecule has 0 heterocycles. The van der Waals surface area contributed by atoms with Crippen LogP contribution in [0.15, 0.2) is 12.1 Å². The van der Waals surface area contributed by atoms with E-state index in [9.17, 15) is 13.3 Å². The fourth-order valence-corrected chi connectivity index (χ4v) is 2.97. The molecular formula is C14H18ClF2NOS. The summed E-state index contributed by atoms with van der Waals surface area (Å²) in [6.45, 7) is 5.50. The molecule has 0 aliphatic heterocycles. The maximum atomic E-state index is 14.0. The van der Waals surface area contributed by atoms with Gasteiger partial charge in [-0.3, -0.25) is 0 Å². The lowest BCUT2D eigenvalue weighted by molar-refractivity contribution is 0.483. The second-order valence-corrected chi connectivity index (χ2v) is 8.51. The van der Waals surface area contributed by atoms with Gasteiger partial charge < -0.3 is 4.55 Å². The van der Waals surface area contributed by atoms with E-state index in [2.05, 4.69) is 4.72 Å². The minimum absolute atomic E-state index is 0.191. The summed E-state index contributed by atoms with van der Waals surface area (Å²) in [7, 11) is 0. The molecule has 1 aromatic rings. The van der Waals surface area contributed by atoms with Gasteiger partial charge in [-0.2, -0.15) is 0 Å². The van der Waals surface area contributed by atoms with Crippen LogP contribution in [0.2, 0.25) is 5.02 Å². The smallest absolute Gasteiger partial charge is 0.142 e. The Morgan fingerprint density at radius 3 is 2.40 bits per heavy atom. The normalized spacial score (nSPS) is 18.9. The van der Waals surface area contributed by atoms with E-state index in [1.54, 1.807) is 0 Å². The first-order valence-corrected chi connectivity index (χ1v) is 8.05. The largest absolute Gasteiger partial charge is 0.598 e. The van der Waals surface area contributed by atoms with Gasteiger partial charge in [0.15, 0.2) is 0 Å². The fourth-order valence-electron chi connectivity index (χ4n) is 1.91. The lowest BCUT2D eigenvalue weighted by Gasteiger charge is -2.28. The number of benzene rings is 1. The number of hydrogen-bond acceptors (Lipinski definition) is 2. The maximum Gasteiger partial charge on any atom is 0.142 e. The molecule has 1 fully saturated rings. The first-order chi connectivity index (χ1) is 9.20. The van der Waals surface area contributed by atoms with Crippen LogP contribution in [0.25, 0.3) is 0 Å². The first kappa shape index (κ1) is 16.0. The molecule has 1 aromatic carbocycles. The van der Waals surface area contributed by atoms with Crippen LogP contribution >= 0.6 is 11.6 Å². The molecule has 1 aliphatic carbocycles. The molecule has 0 spiro atoms. The Kier molecular flexibility index (Phi) is 4.64. The number of nitrogens with one attached hydrogen (secondary N) is 1. The van der Waals surface area contributed by atoms with Crippen molar-refractivity contribution in [3.05, 3.63) is 34.4 Å². The highest BCUT2D eigenvalue weighted by atomic mass is 35.5. The predicted molar refractivity (Wildman–Crippen MR) is 77.9 cm³/mol.